The van der Waals surface area contributed by atoms with Crippen LogP contribution in [0, 0.1) is 5.82 Å². The zero-order valence-corrected chi connectivity index (χ0v) is 12.8. The maximum absolute atomic E-state index is 13.9. The number of hydroxylamine groups is 1. The molecular weight excluding hydrogens is 329 g/mol. The molecule has 23 heavy (non-hydrogen) atoms. The number of carbonyl (C=O) groups excluding carboxylic acids is 3. The van der Waals surface area contributed by atoms with Crippen LogP contribution in [0.1, 0.15) is 17.3 Å². The van der Waals surface area contributed by atoms with E-state index >= 15 is 0 Å². The number of hydrogen-bond acceptors (Lipinski definition) is 6. The molecule has 1 aromatic carbocycles. The summed E-state index contributed by atoms with van der Waals surface area (Å²) in [6.07, 6.45) is -1.66. The third-order valence-corrected chi connectivity index (χ3v) is 3.58. The van der Waals surface area contributed by atoms with Crippen LogP contribution in [-0.4, -0.2) is 41.1 Å². The van der Waals surface area contributed by atoms with E-state index in [1.165, 1.54) is 11.5 Å². The van der Waals surface area contributed by atoms with Gasteiger partial charge in [-0.05, 0) is 25.1 Å². The van der Waals surface area contributed by atoms with E-state index in [1.54, 1.807) is 6.92 Å². The first-order chi connectivity index (χ1) is 10.9. The first-order valence-corrected chi connectivity index (χ1v) is 7.16. The minimum Gasteiger partial charge on any atom is -0.423 e. The smallest absolute Gasteiger partial charge is 0.416 e. The van der Waals surface area contributed by atoms with Crippen LogP contribution in [-0.2, 0) is 9.53 Å². The Hall–Kier alpha value is -2.33. The van der Waals surface area contributed by atoms with Crippen molar-refractivity contribution in [2.45, 2.75) is 19.2 Å². The van der Waals surface area contributed by atoms with Crippen LogP contribution in [0.15, 0.2) is 18.2 Å². The molecule has 8 nitrogen and oxygen atoms in total. The van der Waals surface area contributed by atoms with Crippen molar-refractivity contribution in [2.24, 2.45) is 0 Å². The minimum atomic E-state index is -1.01. The summed E-state index contributed by atoms with van der Waals surface area (Å²) in [5, 5.41) is 11.0. The molecule has 2 rings (SSSR count). The number of anilines is 1. The number of benzene rings is 1. The predicted octanol–water partition coefficient (Wildman–Crippen LogP) is 0.662. The molecule has 0 spiro atoms. The summed E-state index contributed by atoms with van der Waals surface area (Å²) < 4.78 is 19.0. The molecule has 124 valence electrons. The van der Waals surface area contributed by atoms with E-state index in [9.17, 15) is 18.8 Å². The van der Waals surface area contributed by atoms with Gasteiger partial charge in [0.25, 0.3) is 5.91 Å². The second-order valence-corrected chi connectivity index (χ2v) is 5.06. The Labute approximate surface area is 136 Å². The zero-order valence-electron chi connectivity index (χ0n) is 11.9. The Balaban J connectivity index is 2.24. The van der Waals surface area contributed by atoms with E-state index in [0.717, 1.165) is 17.0 Å². The lowest BCUT2D eigenvalue weighted by molar-refractivity contribution is -0.121. The summed E-state index contributed by atoms with van der Waals surface area (Å²) in [6.45, 7) is 1.61. The van der Waals surface area contributed by atoms with Crippen molar-refractivity contribution in [1.82, 2.24) is 10.8 Å². The highest BCUT2D eigenvalue weighted by Crippen LogP contribution is 2.27. The second-order valence-electron chi connectivity index (χ2n) is 4.75. The van der Waals surface area contributed by atoms with Crippen LogP contribution >= 0.6 is 12.6 Å². The number of cyclic esters (lactones) is 1. The Morgan fingerprint density at radius 2 is 2.17 bits per heavy atom. The number of nitrogens with zero attached hydrogens (tertiary/aromatic N) is 1. The lowest BCUT2D eigenvalue weighted by Gasteiger charge is -2.21. The predicted molar refractivity (Wildman–Crippen MR) is 79.9 cm³/mol. The average Bonchev–Trinajstić information content (AvgIpc) is 2.80. The third-order valence-electron chi connectivity index (χ3n) is 3.29. The van der Waals surface area contributed by atoms with Crippen molar-refractivity contribution < 1.29 is 28.7 Å². The summed E-state index contributed by atoms with van der Waals surface area (Å²) in [5.41, 5.74) is 1.10. The molecule has 1 fully saturated rings. The highest BCUT2D eigenvalue weighted by Gasteiger charge is 2.40. The zero-order chi connectivity index (χ0) is 17.1. The quantitative estimate of drug-likeness (QED) is 0.365. The van der Waals surface area contributed by atoms with E-state index in [4.69, 9.17) is 9.94 Å². The molecular formula is C13H14FN3O5S. The highest BCUT2D eigenvalue weighted by atomic mass is 32.1. The van der Waals surface area contributed by atoms with Gasteiger partial charge in [0.2, 0.25) is 5.91 Å². The third kappa shape index (κ3) is 3.37. The molecule has 0 aromatic heterocycles. The van der Waals surface area contributed by atoms with Gasteiger partial charge in [0, 0.05) is 0 Å². The molecule has 0 aliphatic carbocycles. The summed E-state index contributed by atoms with van der Waals surface area (Å²) in [4.78, 5) is 35.7. The Kier molecular flexibility index (Phi) is 5.06. The number of ether oxygens (including phenoxy) is 1. The Morgan fingerprint density at radius 1 is 1.48 bits per heavy atom. The standard InChI is InChI=1S/C13H14FN3O5S/c1-6-12(15-10(18)5-23)22-13(20)17(6)7-2-3-8(9(14)4-7)11(19)16-21/h2-4,6,12,21,23H,5H2,1H3,(H,15,18)(H,16,19)/t6?,12-/m0/s1. The van der Waals surface area contributed by atoms with E-state index in [0.29, 0.717) is 0 Å². The second kappa shape index (κ2) is 6.84. The van der Waals surface area contributed by atoms with Gasteiger partial charge in [0.15, 0.2) is 6.23 Å². The Bertz CT molecular complexity index is 656. The first-order valence-electron chi connectivity index (χ1n) is 6.53. The van der Waals surface area contributed by atoms with Gasteiger partial charge < -0.3 is 10.1 Å². The number of amides is 3. The van der Waals surface area contributed by atoms with Crippen molar-refractivity contribution in [3.63, 3.8) is 0 Å². The first kappa shape index (κ1) is 17.0. The van der Waals surface area contributed by atoms with Crippen molar-refractivity contribution in [3.05, 3.63) is 29.6 Å². The molecule has 3 N–H and O–H groups in total. The number of nitrogens with one attached hydrogen (secondary N) is 2. The van der Waals surface area contributed by atoms with Crippen LogP contribution in [0.5, 0.6) is 0 Å². The fourth-order valence-corrected chi connectivity index (χ4v) is 2.25. The normalized spacial score (nSPS) is 20.2. The number of hydrogen-bond donors (Lipinski definition) is 4. The Morgan fingerprint density at radius 3 is 2.74 bits per heavy atom. The fourth-order valence-electron chi connectivity index (χ4n) is 2.16. The van der Waals surface area contributed by atoms with Gasteiger partial charge in [-0.2, -0.15) is 12.6 Å². The molecule has 3 amide bonds. The van der Waals surface area contributed by atoms with Crippen LogP contribution in [0.3, 0.4) is 0 Å². The fraction of sp³-hybridized carbons (Fsp3) is 0.308. The molecule has 10 heteroatoms. The lowest BCUT2D eigenvalue weighted by atomic mass is 10.1. The number of rotatable bonds is 4. The van der Waals surface area contributed by atoms with Gasteiger partial charge in [-0.1, -0.05) is 0 Å². The van der Waals surface area contributed by atoms with Crippen LogP contribution in [0.2, 0.25) is 0 Å². The van der Waals surface area contributed by atoms with E-state index in [2.05, 4.69) is 17.9 Å². The van der Waals surface area contributed by atoms with Crippen molar-refractivity contribution in [1.29, 1.82) is 0 Å². The molecule has 2 atom stereocenters. The van der Waals surface area contributed by atoms with Crippen molar-refractivity contribution in [2.75, 3.05) is 10.7 Å². The largest absolute Gasteiger partial charge is 0.423 e. The minimum absolute atomic E-state index is 0.0691. The molecule has 0 bridgehead atoms. The van der Waals surface area contributed by atoms with Gasteiger partial charge in [-0.3, -0.25) is 19.7 Å². The molecule has 1 aromatic rings. The molecule has 1 heterocycles. The molecule has 1 aliphatic heterocycles. The maximum atomic E-state index is 13.9. The molecule has 0 radical (unpaired) electrons. The molecule has 0 saturated carbocycles. The van der Waals surface area contributed by atoms with Gasteiger partial charge in [-0.25, -0.2) is 14.7 Å². The van der Waals surface area contributed by atoms with Gasteiger partial charge in [0.1, 0.15) is 5.82 Å². The lowest BCUT2D eigenvalue weighted by Crippen LogP contribution is -2.44. The van der Waals surface area contributed by atoms with Gasteiger partial charge in [-0.15, -0.1) is 0 Å². The monoisotopic (exact) mass is 343 g/mol. The van der Waals surface area contributed by atoms with Crippen molar-refractivity contribution in [3.8, 4) is 0 Å². The van der Waals surface area contributed by atoms with Crippen LogP contribution in [0.4, 0.5) is 14.9 Å². The van der Waals surface area contributed by atoms with Gasteiger partial charge >= 0.3 is 6.09 Å². The maximum Gasteiger partial charge on any atom is 0.416 e. The molecule has 1 aliphatic rings. The summed E-state index contributed by atoms with van der Waals surface area (Å²) in [6, 6.07) is 2.82. The molecule has 1 unspecified atom stereocenters. The topological polar surface area (TPSA) is 108 Å². The number of carbonyl (C=O) groups is 3. The molecule has 1 saturated heterocycles. The van der Waals surface area contributed by atoms with Crippen molar-refractivity contribution >= 4 is 36.2 Å². The SMILES string of the molecule is CC1[C@@H](NC(=O)CS)OC(=O)N1c1ccc(C(=O)NO)c(F)c1. The number of halogens is 1. The highest BCUT2D eigenvalue weighted by molar-refractivity contribution is 7.81. The number of thiol groups is 1. The summed E-state index contributed by atoms with van der Waals surface area (Å²) in [5.74, 6) is -2.41. The summed E-state index contributed by atoms with van der Waals surface area (Å²) >= 11 is 3.81. The van der Waals surface area contributed by atoms with Gasteiger partial charge in [0.05, 0.1) is 23.0 Å². The van der Waals surface area contributed by atoms with E-state index in [-0.39, 0.29) is 17.0 Å². The summed E-state index contributed by atoms with van der Waals surface area (Å²) in [7, 11) is 0. The van der Waals surface area contributed by atoms with E-state index < -0.39 is 36.0 Å². The van der Waals surface area contributed by atoms with Crippen LogP contribution in [0.25, 0.3) is 0 Å². The average molecular weight is 343 g/mol. The van der Waals surface area contributed by atoms with Crippen LogP contribution < -0.4 is 15.7 Å². The van der Waals surface area contributed by atoms with E-state index in [1.807, 2.05) is 0 Å².